The van der Waals surface area contributed by atoms with Crippen LogP contribution in [0.3, 0.4) is 0 Å². The molecule has 1 aliphatic rings. The first kappa shape index (κ1) is 27.6. The molecule has 0 aliphatic carbocycles. The van der Waals surface area contributed by atoms with Crippen LogP contribution in [0.4, 0.5) is 0 Å². The molecule has 10 heteroatoms. The number of aliphatic hydroxyl groups is 1. The molecule has 2 amide bonds. The summed E-state index contributed by atoms with van der Waals surface area (Å²) in [6, 6.07) is 17.7. The van der Waals surface area contributed by atoms with E-state index in [-0.39, 0.29) is 37.9 Å². The van der Waals surface area contributed by atoms with E-state index >= 15 is 0 Å². The van der Waals surface area contributed by atoms with Crippen molar-refractivity contribution >= 4 is 17.5 Å². The highest BCUT2D eigenvalue weighted by atomic mass is 16.6. The minimum absolute atomic E-state index is 0.0142. The smallest absolute Gasteiger partial charge is 0.254 e. The second kappa shape index (κ2) is 13.4. The van der Waals surface area contributed by atoms with Gasteiger partial charge in [-0.2, -0.15) is 0 Å². The van der Waals surface area contributed by atoms with Gasteiger partial charge >= 0.3 is 0 Å². The molecular weight excluding hydrogens is 500 g/mol. The molecule has 39 heavy (non-hydrogen) atoms. The molecule has 2 aromatic carbocycles. The molecule has 1 unspecified atom stereocenters. The van der Waals surface area contributed by atoms with Gasteiger partial charge in [-0.15, -0.1) is 0 Å². The fourth-order valence-corrected chi connectivity index (χ4v) is 4.33. The zero-order chi connectivity index (χ0) is 27.6. The zero-order valence-electron chi connectivity index (χ0n) is 21.9. The van der Waals surface area contributed by atoms with Crippen LogP contribution >= 0.6 is 0 Å². The van der Waals surface area contributed by atoms with Crippen LogP contribution in [-0.4, -0.2) is 78.6 Å². The van der Waals surface area contributed by atoms with Crippen molar-refractivity contribution in [2.75, 3.05) is 33.9 Å². The molecule has 0 saturated carbocycles. The number of carbonyl (C=O) groups is 2. The molecule has 2 heterocycles. The van der Waals surface area contributed by atoms with Crippen molar-refractivity contribution in [2.45, 2.75) is 25.0 Å². The van der Waals surface area contributed by atoms with E-state index in [2.05, 4.69) is 15.5 Å². The van der Waals surface area contributed by atoms with Gasteiger partial charge in [-0.3, -0.25) is 14.6 Å². The number of nitrogens with zero attached hydrogens (tertiary/aromatic N) is 3. The lowest BCUT2D eigenvalue weighted by atomic mass is 10.0. The quantitative estimate of drug-likeness (QED) is 0.364. The lowest BCUT2D eigenvalue weighted by Crippen LogP contribution is -2.41. The van der Waals surface area contributed by atoms with E-state index in [1.165, 1.54) is 7.11 Å². The molecular formula is C29H32N4O6. The Morgan fingerprint density at radius 1 is 1.08 bits per heavy atom. The highest BCUT2D eigenvalue weighted by Crippen LogP contribution is 2.24. The predicted molar refractivity (Wildman–Crippen MR) is 146 cm³/mol. The zero-order valence-corrected chi connectivity index (χ0v) is 21.9. The van der Waals surface area contributed by atoms with Gasteiger partial charge in [0.05, 0.1) is 19.4 Å². The highest BCUT2D eigenvalue weighted by molar-refractivity contribution is 6.01. The highest BCUT2D eigenvalue weighted by Gasteiger charge is 2.35. The predicted octanol–water partition coefficient (Wildman–Crippen LogP) is 2.92. The van der Waals surface area contributed by atoms with Crippen LogP contribution in [-0.2, 0) is 9.63 Å². The Balaban J connectivity index is 1.32. The third-order valence-electron chi connectivity index (χ3n) is 6.33. The second-order valence-corrected chi connectivity index (χ2v) is 9.10. The second-order valence-electron chi connectivity index (χ2n) is 9.10. The SMILES string of the molecule is CON=C1C[C@@H](CC(=O)NCC(O)COc2ccc(OC)cc2)N(C(=O)c2ccc(-c3cccnc3)cc2)C1. The molecule has 4 rings (SSSR count). The lowest BCUT2D eigenvalue weighted by Gasteiger charge is -2.24. The minimum atomic E-state index is -0.902. The average molecular weight is 533 g/mol. The average Bonchev–Trinajstić information content (AvgIpc) is 3.37. The van der Waals surface area contributed by atoms with Gasteiger partial charge in [0.25, 0.3) is 5.91 Å². The number of carbonyl (C=O) groups excluding carboxylic acids is 2. The van der Waals surface area contributed by atoms with Crippen LogP contribution in [0.2, 0.25) is 0 Å². The Bertz CT molecular complexity index is 1270. The van der Waals surface area contributed by atoms with E-state index in [9.17, 15) is 14.7 Å². The number of hydrogen-bond acceptors (Lipinski definition) is 8. The number of rotatable bonds is 11. The molecule has 2 atom stereocenters. The fourth-order valence-electron chi connectivity index (χ4n) is 4.33. The van der Waals surface area contributed by atoms with Gasteiger partial charge in [0.2, 0.25) is 5.91 Å². The van der Waals surface area contributed by atoms with Crippen LogP contribution in [0.1, 0.15) is 23.2 Å². The Labute approximate surface area is 227 Å². The monoisotopic (exact) mass is 532 g/mol. The van der Waals surface area contributed by atoms with E-state index in [4.69, 9.17) is 14.3 Å². The molecule has 1 saturated heterocycles. The van der Waals surface area contributed by atoms with E-state index < -0.39 is 12.1 Å². The topological polar surface area (TPSA) is 123 Å². The van der Waals surface area contributed by atoms with Crippen LogP contribution in [0.5, 0.6) is 11.5 Å². The lowest BCUT2D eigenvalue weighted by molar-refractivity contribution is -0.122. The Kier molecular flexibility index (Phi) is 9.47. The molecule has 0 bridgehead atoms. The molecule has 1 aromatic heterocycles. The Morgan fingerprint density at radius 3 is 2.49 bits per heavy atom. The van der Waals surface area contributed by atoms with Gasteiger partial charge in [0.1, 0.15) is 31.3 Å². The summed E-state index contributed by atoms with van der Waals surface area (Å²) in [5.41, 5.74) is 3.10. The van der Waals surface area contributed by atoms with Crippen LogP contribution in [0.15, 0.2) is 78.2 Å². The fraction of sp³-hybridized carbons (Fsp3) is 0.310. The van der Waals surface area contributed by atoms with Crippen molar-refractivity contribution in [3.05, 3.63) is 78.6 Å². The van der Waals surface area contributed by atoms with E-state index in [0.29, 0.717) is 29.2 Å². The number of pyridine rings is 1. The largest absolute Gasteiger partial charge is 0.497 e. The van der Waals surface area contributed by atoms with Crippen LogP contribution in [0, 0.1) is 0 Å². The number of amides is 2. The van der Waals surface area contributed by atoms with Crippen molar-refractivity contribution in [3.63, 3.8) is 0 Å². The maximum atomic E-state index is 13.4. The van der Waals surface area contributed by atoms with Gasteiger partial charge in [-0.25, -0.2) is 0 Å². The van der Waals surface area contributed by atoms with Gasteiger partial charge in [-0.05, 0) is 53.6 Å². The number of likely N-dealkylation sites (tertiary alicyclic amines) is 1. The molecule has 1 fully saturated rings. The van der Waals surface area contributed by atoms with Gasteiger partial charge in [-0.1, -0.05) is 23.4 Å². The number of ether oxygens (including phenoxy) is 2. The number of aromatic nitrogens is 1. The molecule has 3 aromatic rings. The number of benzene rings is 2. The van der Waals surface area contributed by atoms with Crippen molar-refractivity contribution in [1.29, 1.82) is 0 Å². The van der Waals surface area contributed by atoms with Crippen molar-refractivity contribution in [1.82, 2.24) is 15.2 Å². The molecule has 0 radical (unpaired) electrons. The molecule has 1 aliphatic heterocycles. The summed E-state index contributed by atoms with van der Waals surface area (Å²) in [4.78, 5) is 36.8. The summed E-state index contributed by atoms with van der Waals surface area (Å²) >= 11 is 0. The first-order chi connectivity index (χ1) is 19.0. The Hall–Kier alpha value is -4.44. The molecule has 0 spiro atoms. The van der Waals surface area contributed by atoms with Crippen molar-refractivity contribution in [2.24, 2.45) is 5.16 Å². The summed E-state index contributed by atoms with van der Waals surface area (Å²) < 4.78 is 10.7. The standard InChI is InChI=1S/C29H32N4O6/c1-37-26-9-11-27(12-10-26)39-19-25(34)17-31-28(35)15-24-14-23(32-38-2)18-33(24)29(36)21-7-5-20(6-8-21)22-4-3-13-30-16-22/h3-13,16,24-25,34H,14-15,17-19H2,1-2H3,(H,31,35)/t24-,25?/m0/s1. The summed E-state index contributed by atoms with van der Waals surface area (Å²) in [7, 11) is 3.03. The van der Waals surface area contributed by atoms with E-state index in [1.807, 2.05) is 24.3 Å². The first-order valence-electron chi connectivity index (χ1n) is 12.6. The number of oxime groups is 1. The molecule has 204 valence electrons. The van der Waals surface area contributed by atoms with E-state index in [0.717, 1.165) is 11.1 Å². The summed E-state index contributed by atoms with van der Waals surface area (Å²) in [5, 5.41) is 17.0. The van der Waals surface area contributed by atoms with E-state index in [1.54, 1.807) is 60.8 Å². The van der Waals surface area contributed by atoms with Crippen molar-refractivity contribution < 1.29 is 29.0 Å². The Morgan fingerprint density at radius 2 is 1.82 bits per heavy atom. The summed E-state index contributed by atoms with van der Waals surface area (Å²) in [6.07, 6.45) is 3.06. The van der Waals surface area contributed by atoms with Gasteiger partial charge in [0.15, 0.2) is 0 Å². The maximum Gasteiger partial charge on any atom is 0.254 e. The maximum absolute atomic E-state index is 13.4. The number of methoxy groups -OCH3 is 1. The third kappa shape index (κ3) is 7.55. The third-order valence-corrected chi connectivity index (χ3v) is 6.33. The summed E-state index contributed by atoms with van der Waals surface area (Å²) in [5.74, 6) is 0.807. The molecule has 2 N–H and O–H groups in total. The molecule has 10 nitrogen and oxygen atoms in total. The van der Waals surface area contributed by atoms with Gasteiger partial charge < -0.3 is 29.6 Å². The normalized spacial score (nSPS) is 16.5. The van der Waals surface area contributed by atoms with Crippen molar-refractivity contribution in [3.8, 4) is 22.6 Å². The van der Waals surface area contributed by atoms with Gasteiger partial charge in [0, 0.05) is 43.4 Å². The first-order valence-corrected chi connectivity index (χ1v) is 12.6. The number of aliphatic hydroxyl groups excluding tert-OH is 1. The number of nitrogens with one attached hydrogen (secondary N) is 1. The number of hydrogen-bond donors (Lipinski definition) is 2. The van der Waals surface area contributed by atoms with Crippen LogP contribution in [0.25, 0.3) is 11.1 Å². The minimum Gasteiger partial charge on any atom is -0.497 e. The summed E-state index contributed by atoms with van der Waals surface area (Å²) in [6.45, 7) is 0.304. The van der Waals surface area contributed by atoms with Crippen LogP contribution < -0.4 is 14.8 Å².